The highest BCUT2D eigenvalue weighted by Crippen LogP contribution is 2.16. The van der Waals surface area contributed by atoms with Gasteiger partial charge in [0.1, 0.15) is 5.69 Å². The molecule has 1 aliphatic rings. The third-order valence-corrected chi connectivity index (χ3v) is 3.87. The lowest BCUT2D eigenvalue weighted by molar-refractivity contribution is 0.0690. The number of hydrogen-bond donors (Lipinski definition) is 2. The van der Waals surface area contributed by atoms with Gasteiger partial charge >= 0.3 is 5.97 Å². The summed E-state index contributed by atoms with van der Waals surface area (Å²) in [7, 11) is 0. The molecule has 1 aromatic rings. The van der Waals surface area contributed by atoms with E-state index in [9.17, 15) is 4.79 Å². The van der Waals surface area contributed by atoms with Crippen LogP contribution in [0.5, 0.6) is 0 Å². The van der Waals surface area contributed by atoms with Gasteiger partial charge in [0.25, 0.3) is 0 Å². The van der Waals surface area contributed by atoms with Crippen molar-refractivity contribution in [1.29, 1.82) is 0 Å². The minimum atomic E-state index is -0.990. The summed E-state index contributed by atoms with van der Waals surface area (Å²) in [6.45, 7) is 5.46. The molecule has 1 saturated heterocycles. The zero-order valence-electron chi connectivity index (χ0n) is 12.0. The first kappa shape index (κ1) is 14.8. The Balaban J connectivity index is 1.73. The smallest absolute Gasteiger partial charge is 0.354 e. The number of hydrogen-bond acceptors (Lipinski definition) is 4. The van der Waals surface area contributed by atoms with Gasteiger partial charge < -0.3 is 15.3 Å². The largest absolute Gasteiger partial charge is 0.477 e. The van der Waals surface area contributed by atoms with Crippen molar-refractivity contribution in [3.05, 3.63) is 24.0 Å². The molecule has 0 spiro atoms. The lowest BCUT2D eigenvalue weighted by Gasteiger charge is -2.33. The number of aromatic nitrogens is 1. The van der Waals surface area contributed by atoms with Crippen molar-refractivity contribution in [3.63, 3.8) is 0 Å². The van der Waals surface area contributed by atoms with Crippen molar-refractivity contribution < 1.29 is 9.90 Å². The first-order valence-corrected chi connectivity index (χ1v) is 7.34. The van der Waals surface area contributed by atoms with Crippen LogP contribution in [0.3, 0.4) is 0 Å². The SMILES string of the molecule is CC1CCCCN1CCCNc1ccnc(C(=O)O)c1. The molecule has 110 valence electrons. The summed E-state index contributed by atoms with van der Waals surface area (Å²) in [5.74, 6) is -0.990. The van der Waals surface area contributed by atoms with Gasteiger partial charge in [0, 0.05) is 31.0 Å². The molecule has 1 unspecified atom stereocenters. The number of carboxylic acids is 1. The summed E-state index contributed by atoms with van der Waals surface area (Å²) in [5.41, 5.74) is 0.906. The Hall–Kier alpha value is -1.62. The van der Waals surface area contributed by atoms with E-state index in [1.165, 1.54) is 32.0 Å². The van der Waals surface area contributed by atoms with Gasteiger partial charge in [-0.05, 0) is 44.9 Å². The van der Waals surface area contributed by atoms with Gasteiger partial charge in [-0.2, -0.15) is 0 Å². The molecule has 1 atom stereocenters. The minimum absolute atomic E-state index is 0.0830. The second-order valence-electron chi connectivity index (χ2n) is 5.40. The molecular weight excluding hydrogens is 254 g/mol. The number of nitrogens with zero attached hydrogens (tertiary/aromatic N) is 2. The van der Waals surface area contributed by atoms with E-state index >= 15 is 0 Å². The van der Waals surface area contributed by atoms with E-state index in [-0.39, 0.29) is 5.69 Å². The van der Waals surface area contributed by atoms with Gasteiger partial charge in [-0.1, -0.05) is 6.42 Å². The van der Waals surface area contributed by atoms with Crippen LogP contribution in [0.2, 0.25) is 0 Å². The minimum Gasteiger partial charge on any atom is -0.477 e. The Morgan fingerprint density at radius 1 is 1.55 bits per heavy atom. The predicted molar refractivity (Wildman–Crippen MR) is 79.2 cm³/mol. The first-order chi connectivity index (χ1) is 9.66. The normalized spacial score (nSPS) is 19.8. The molecule has 5 nitrogen and oxygen atoms in total. The Morgan fingerprint density at radius 3 is 3.15 bits per heavy atom. The van der Waals surface area contributed by atoms with Crippen LogP contribution in [0.15, 0.2) is 18.3 Å². The van der Waals surface area contributed by atoms with Crippen LogP contribution in [0.1, 0.15) is 43.1 Å². The molecule has 0 aliphatic carbocycles. The van der Waals surface area contributed by atoms with E-state index in [0.29, 0.717) is 6.04 Å². The lowest BCUT2D eigenvalue weighted by atomic mass is 10.0. The maximum Gasteiger partial charge on any atom is 0.354 e. The summed E-state index contributed by atoms with van der Waals surface area (Å²) in [5, 5.41) is 12.1. The second kappa shape index (κ2) is 7.24. The summed E-state index contributed by atoms with van der Waals surface area (Å²) in [6.07, 6.45) is 6.56. The van der Waals surface area contributed by atoms with Crippen molar-refractivity contribution in [3.8, 4) is 0 Å². The van der Waals surface area contributed by atoms with Crippen molar-refractivity contribution in [1.82, 2.24) is 9.88 Å². The number of pyridine rings is 1. The fourth-order valence-electron chi connectivity index (χ4n) is 2.66. The Labute approximate surface area is 120 Å². The number of rotatable bonds is 6. The lowest BCUT2D eigenvalue weighted by Crippen LogP contribution is -2.38. The van der Waals surface area contributed by atoms with Crippen LogP contribution in [-0.2, 0) is 0 Å². The van der Waals surface area contributed by atoms with E-state index < -0.39 is 5.97 Å². The van der Waals surface area contributed by atoms with E-state index in [1.54, 1.807) is 12.1 Å². The number of carbonyl (C=O) groups is 1. The van der Waals surface area contributed by atoms with Crippen LogP contribution in [0, 0.1) is 0 Å². The summed E-state index contributed by atoms with van der Waals surface area (Å²) < 4.78 is 0. The van der Waals surface area contributed by atoms with Crippen LogP contribution in [0.25, 0.3) is 0 Å². The van der Waals surface area contributed by atoms with E-state index in [1.807, 2.05) is 0 Å². The van der Waals surface area contributed by atoms with Crippen LogP contribution < -0.4 is 5.32 Å². The number of aromatic carboxylic acids is 1. The molecule has 0 bridgehead atoms. The molecule has 2 N–H and O–H groups in total. The zero-order valence-corrected chi connectivity index (χ0v) is 12.0. The van der Waals surface area contributed by atoms with Crippen molar-refractivity contribution in [2.45, 2.75) is 38.6 Å². The molecule has 1 aromatic heterocycles. The van der Waals surface area contributed by atoms with Crippen molar-refractivity contribution in [2.24, 2.45) is 0 Å². The van der Waals surface area contributed by atoms with Crippen LogP contribution in [-0.4, -0.2) is 46.6 Å². The maximum absolute atomic E-state index is 10.8. The fraction of sp³-hybridized carbons (Fsp3) is 0.600. The average molecular weight is 277 g/mol. The molecule has 5 heteroatoms. The van der Waals surface area contributed by atoms with Gasteiger partial charge in [0.15, 0.2) is 0 Å². The summed E-state index contributed by atoms with van der Waals surface area (Å²) in [4.78, 5) is 17.2. The Morgan fingerprint density at radius 2 is 2.40 bits per heavy atom. The molecule has 0 amide bonds. The predicted octanol–water partition coefficient (Wildman–Crippen LogP) is 2.46. The molecule has 2 heterocycles. The standard InChI is InChI=1S/C15H23N3O2/c1-12-5-2-3-9-18(12)10-4-7-16-13-6-8-17-14(11-13)15(19)20/h6,8,11-12H,2-5,7,9-10H2,1H3,(H,16,17)(H,19,20). The van der Waals surface area contributed by atoms with Gasteiger partial charge in [-0.25, -0.2) is 9.78 Å². The monoisotopic (exact) mass is 277 g/mol. The van der Waals surface area contributed by atoms with Crippen molar-refractivity contribution >= 4 is 11.7 Å². The van der Waals surface area contributed by atoms with Crippen molar-refractivity contribution in [2.75, 3.05) is 25.0 Å². The fourth-order valence-corrected chi connectivity index (χ4v) is 2.66. The molecule has 1 aliphatic heterocycles. The highest BCUT2D eigenvalue weighted by atomic mass is 16.4. The molecule has 2 rings (SSSR count). The maximum atomic E-state index is 10.8. The topological polar surface area (TPSA) is 65.5 Å². The molecule has 0 radical (unpaired) electrons. The molecule has 0 saturated carbocycles. The number of anilines is 1. The number of likely N-dealkylation sites (tertiary alicyclic amines) is 1. The molecular formula is C15H23N3O2. The van der Waals surface area contributed by atoms with Crippen LogP contribution in [0.4, 0.5) is 5.69 Å². The Bertz CT molecular complexity index is 450. The number of carboxylic acid groups (broad SMARTS) is 1. The summed E-state index contributed by atoms with van der Waals surface area (Å²) >= 11 is 0. The molecule has 1 fully saturated rings. The number of piperidine rings is 1. The van der Waals surface area contributed by atoms with Gasteiger partial charge in [-0.15, -0.1) is 0 Å². The molecule has 20 heavy (non-hydrogen) atoms. The summed E-state index contributed by atoms with van der Waals surface area (Å²) in [6, 6.07) is 4.07. The van der Waals surface area contributed by atoms with E-state index in [0.717, 1.165) is 25.2 Å². The van der Waals surface area contributed by atoms with E-state index in [4.69, 9.17) is 5.11 Å². The average Bonchev–Trinajstić information content (AvgIpc) is 2.45. The van der Waals surface area contributed by atoms with Gasteiger partial charge in [0.2, 0.25) is 0 Å². The number of nitrogens with one attached hydrogen (secondary N) is 1. The van der Waals surface area contributed by atoms with Crippen LogP contribution >= 0.6 is 0 Å². The highest BCUT2D eigenvalue weighted by molar-refractivity contribution is 5.86. The van der Waals surface area contributed by atoms with Gasteiger partial charge in [-0.3, -0.25) is 0 Å². The third kappa shape index (κ3) is 4.20. The second-order valence-corrected chi connectivity index (χ2v) is 5.40. The third-order valence-electron chi connectivity index (χ3n) is 3.87. The Kier molecular flexibility index (Phi) is 5.35. The van der Waals surface area contributed by atoms with E-state index in [2.05, 4.69) is 22.1 Å². The quantitative estimate of drug-likeness (QED) is 0.782. The molecule has 0 aromatic carbocycles. The highest BCUT2D eigenvalue weighted by Gasteiger charge is 2.16. The first-order valence-electron chi connectivity index (χ1n) is 7.34. The zero-order chi connectivity index (χ0) is 14.4. The van der Waals surface area contributed by atoms with Gasteiger partial charge in [0.05, 0.1) is 0 Å².